The summed E-state index contributed by atoms with van der Waals surface area (Å²) in [6.45, 7) is 6.56. The van der Waals surface area contributed by atoms with E-state index in [1.807, 2.05) is 65.7 Å². The molecule has 0 bridgehead atoms. The van der Waals surface area contributed by atoms with Crippen molar-refractivity contribution in [2.24, 2.45) is 0 Å². The van der Waals surface area contributed by atoms with E-state index in [0.717, 1.165) is 17.7 Å². The first-order valence-corrected chi connectivity index (χ1v) is 14.4. The molecule has 1 N–H and O–H groups in total. The zero-order valence-electron chi connectivity index (χ0n) is 22.2. The second-order valence-corrected chi connectivity index (χ2v) is 10.7. The number of amides is 3. The second-order valence-electron chi connectivity index (χ2n) is 9.75. The first-order chi connectivity index (χ1) is 19.0. The summed E-state index contributed by atoms with van der Waals surface area (Å²) in [5, 5.41) is 4.79. The molecule has 0 spiro atoms. The van der Waals surface area contributed by atoms with Gasteiger partial charge in [0.25, 0.3) is 11.8 Å². The van der Waals surface area contributed by atoms with E-state index >= 15 is 0 Å². The van der Waals surface area contributed by atoms with Crippen molar-refractivity contribution in [2.75, 3.05) is 62.7 Å². The lowest BCUT2D eigenvalue weighted by Gasteiger charge is -2.38. The average Bonchev–Trinajstić information content (AvgIpc) is 3.54. The number of morpholine rings is 1. The standard InChI is InChI=1S/C30H34N4O4S/c1-2-24(22-7-4-3-5-8-22)29(36)33-14-12-32(13-15-33)26-11-10-23(31-28(35)27-9-6-20-39-27)21-25(26)30(37)34-16-18-38-19-17-34/h3-11,20-21,24H,2,12-19H2,1H3,(H,31,35)/t24-/m1/s1. The van der Waals surface area contributed by atoms with E-state index in [1.54, 1.807) is 17.0 Å². The van der Waals surface area contributed by atoms with Crippen LogP contribution >= 0.6 is 11.3 Å². The summed E-state index contributed by atoms with van der Waals surface area (Å²) in [5.41, 5.74) is 3.00. The predicted octanol–water partition coefficient (Wildman–Crippen LogP) is 4.32. The fourth-order valence-corrected chi connectivity index (χ4v) is 5.84. The van der Waals surface area contributed by atoms with E-state index in [-0.39, 0.29) is 23.6 Å². The van der Waals surface area contributed by atoms with Gasteiger partial charge >= 0.3 is 0 Å². The molecule has 1 atom stereocenters. The van der Waals surface area contributed by atoms with Gasteiger partial charge in [-0.1, -0.05) is 43.3 Å². The molecule has 0 saturated carbocycles. The molecular weight excluding hydrogens is 512 g/mol. The van der Waals surface area contributed by atoms with Gasteiger partial charge in [-0.3, -0.25) is 14.4 Å². The van der Waals surface area contributed by atoms with E-state index < -0.39 is 0 Å². The Morgan fingerprint density at radius 3 is 2.31 bits per heavy atom. The molecule has 0 radical (unpaired) electrons. The van der Waals surface area contributed by atoms with Gasteiger partial charge in [0.15, 0.2) is 0 Å². The number of anilines is 2. The molecular formula is C30H34N4O4S. The third-order valence-electron chi connectivity index (χ3n) is 7.37. The third-order valence-corrected chi connectivity index (χ3v) is 8.24. The molecule has 2 fully saturated rings. The second kappa shape index (κ2) is 12.4. The number of piperazine rings is 1. The quantitative estimate of drug-likeness (QED) is 0.478. The Kier molecular flexibility index (Phi) is 8.58. The van der Waals surface area contributed by atoms with Crippen molar-refractivity contribution in [3.63, 3.8) is 0 Å². The molecule has 204 valence electrons. The van der Waals surface area contributed by atoms with E-state index in [1.165, 1.54) is 11.3 Å². The van der Waals surface area contributed by atoms with Crippen molar-refractivity contribution < 1.29 is 19.1 Å². The number of rotatable bonds is 7. The molecule has 2 aliphatic heterocycles. The summed E-state index contributed by atoms with van der Waals surface area (Å²) in [6.07, 6.45) is 0.750. The van der Waals surface area contributed by atoms with Crippen LogP contribution in [0.2, 0.25) is 0 Å². The Morgan fingerprint density at radius 2 is 1.64 bits per heavy atom. The molecule has 2 saturated heterocycles. The zero-order valence-corrected chi connectivity index (χ0v) is 23.0. The molecule has 1 aromatic heterocycles. The third kappa shape index (κ3) is 6.15. The lowest BCUT2D eigenvalue weighted by atomic mass is 9.94. The smallest absolute Gasteiger partial charge is 0.265 e. The molecule has 0 aliphatic carbocycles. The minimum atomic E-state index is -0.196. The number of thiophene rings is 1. The highest BCUT2D eigenvalue weighted by Crippen LogP contribution is 2.29. The van der Waals surface area contributed by atoms with Gasteiger partial charge in [0.2, 0.25) is 5.91 Å². The average molecular weight is 547 g/mol. The van der Waals surface area contributed by atoms with Gasteiger partial charge in [0.1, 0.15) is 0 Å². The molecule has 39 heavy (non-hydrogen) atoms. The summed E-state index contributed by atoms with van der Waals surface area (Å²) in [7, 11) is 0. The summed E-state index contributed by atoms with van der Waals surface area (Å²) >= 11 is 1.37. The lowest BCUT2D eigenvalue weighted by molar-refractivity contribution is -0.133. The molecule has 5 rings (SSSR count). The molecule has 8 nitrogen and oxygen atoms in total. The number of nitrogens with one attached hydrogen (secondary N) is 1. The summed E-state index contributed by atoms with van der Waals surface area (Å²) in [6, 6.07) is 19.1. The molecule has 3 amide bonds. The summed E-state index contributed by atoms with van der Waals surface area (Å²) in [4.78, 5) is 46.2. The van der Waals surface area contributed by atoms with Crippen molar-refractivity contribution in [1.29, 1.82) is 0 Å². The van der Waals surface area contributed by atoms with E-state index in [9.17, 15) is 14.4 Å². The van der Waals surface area contributed by atoms with Crippen LogP contribution in [0.25, 0.3) is 0 Å². The molecule has 2 aliphatic rings. The molecule has 2 aromatic carbocycles. The Balaban J connectivity index is 1.33. The zero-order chi connectivity index (χ0) is 27.2. The van der Waals surface area contributed by atoms with Crippen LogP contribution in [0, 0.1) is 0 Å². The fourth-order valence-electron chi connectivity index (χ4n) is 5.22. The van der Waals surface area contributed by atoms with Crippen LogP contribution < -0.4 is 10.2 Å². The van der Waals surface area contributed by atoms with Crippen LogP contribution in [0.4, 0.5) is 11.4 Å². The Labute approximate surface area is 233 Å². The minimum absolute atomic E-state index is 0.0749. The fraction of sp³-hybridized carbons (Fsp3) is 0.367. The van der Waals surface area contributed by atoms with Crippen molar-refractivity contribution in [2.45, 2.75) is 19.3 Å². The number of benzene rings is 2. The van der Waals surface area contributed by atoms with Crippen LogP contribution in [-0.4, -0.2) is 80.0 Å². The highest BCUT2D eigenvalue weighted by molar-refractivity contribution is 7.12. The van der Waals surface area contributed by atoms with Crippen LogP contribution in [0.1, 0.15) is 44.9 Å². The normalized spacial score (nSPS) is 16.6. The molecule has 0 unspecified atom stereocenters. The van der Waals surface area contributed by atoms with Crippen molar-refractivity contribution >= 4 is 40.4 Å². The van der Waals surface area contributed by atoms with Crippen molar-refractivity contribution in [3.8, 4) is 0 Å². The Bertz CT molecular complexity index is 1280. The van der Waals surface area contributed by atoms with Gasteiger partial charge in [-0.15, -0.1) is 11.3 Å². The molecule has 9 heteroatoms. The maximum atomic E-state index is 13.7. The Morgan fingerprint density at radius 1 is 0.897 bits per heavy atom. The van der Waals surface area contributed by atoms with E-state index in [4.69, 9.17) is 4.74 Å². The van der Waals surface area contributed by atoms with Gasteiger partial charge in [-0.25, -0.2) is 0 Å². The highest BCUT2D eigenvalue weighted by Gasteiger charge is 2.30. The van der Waals surface area contributed by atoms with Crippen molar-refractivity contribution in [3.05, 3.63) is 82.0 Å². The lowest BCUT2D eigenvalue weighted by Crippen LogP contribution is -2.50. The van der Waals surface area contributed by atoms with Gasteiger partial charge in [0.05, 0.1) is 29.6 Å². The number of carbonyl (C=O) groups excluding carboxylic acids is 3. The topological polar surface area (TPSA) is 82.2 Å². The maximum Gasteiger partial charge on any atom is 0.265 e. The van der Waals surface area contributed by atoms with E-state index in [0.29, 0.717) is 68.6 Å². The molecule has 3 heterocycles. The number of carbonyl (C=O) groups is 3. The Hall–Kier alpha value is -3.69. The van der Waals surface area contributed by atoms with Gasteiger partial charge in [-0.2, -0.15) is 0 Å². The minimum Gasteiger partial charge on any atom is -0.378 e. The number of hydrogen-bond donors (Lipinski definition) is 1. The largest absolute Gasteiger partial charge is 0.378 e. The number of ether oxygens (including phenoxy) is 1. The van der Waals surface area contributed by atoms with Crippen LogP contribution in [0.15, 0.2) is 66.0 Å². The van der Waals surface area contributed by atoms with Gasteiger partial charge < -0.3 is 24.8 Å². The maximum absolute atomic E-state index is 13.7. The van der Waals surface area contributed by atoms with Crippen molar-refractivity contribution in [1.82, 2.24) is 9.80 Å². The first kappa shape index (κ1) is 26.9. The SMILES string of the molecule is CC[C@@H](C(=O)N1CCN(c2ccc(NC(=O)c3cccs3)cc2C(=O)N2CCOCC2)CC1)c1ccccc1. The summed E-state index contributed by atoms with van der Waals surface area (Å²) < 4.78 is 5.45. The van der Waals surface area contributed by atoms with E-state index in [2.05, 4.69) is 10.2 Å². The van der Waals surface area contributed by atoms with Gasteiger partial charge in [-0.05, 0) is 41.6 Å². The van der Waals surface area contributed by atoms with Crippen LogP contribution in [0.3, 0.4) is 0 Å². The predicted molar refractivity (Wildman–Crippen MR) is 154 cm³/mol. The molecule has 3 aromatic rings. The highest BCUT2D eigenvalue weighted by atomic mass is 32.1. The van der Waals surface area contributed by atoms with Crippen LogP contribution in [0.5, 0.6) is 0 Å². The van der Waals surface area contributed by atoms with Gasteiger partial charge in [0, 0.05) is 50.6 Å². The van der Waals surface area contributed by atoms with Crippen LogP contribution in [-0.2, 0) is 9.53 Å². The number of hydrogen-bond acceptors (Lipinski definition) is 6. The summed E-state index contributed by atoms with van der Waals surface area (Å²) in [5.74, 6) is -0.269. The monoisotopic (exact) mass is 546 g/mol. The number of nitrogens with zero attached hydrogens (tertiary/aromatic N) is 3. The first-order valence-electron chi connectivity index (χ1n) is 13.5.